The fraction of sp³-hybridized carbons (Fsp3) is 0.400. The van der Waals surface area contributed by atoms with E-state index in [1.807, 2.05) is 0 Å². The second-order valence-electron chi connectivity index (χ2n) is 3.73. The second-order valence-corrected chi connectivity index (χ2v) is 4.64. The van der Waals surface area contributed by atoms with E-state index in [0.29, 0.717) is 12.7 Å². The SMILES string of the molecule is COc1csc(C(=O)NC(C)(C(=O)O)C(F)(F)F)c1. The van der Waals surface area contributed by atoms with Gasteiger partial charge in [-0.25, -0.2) is 4.79 Å². The zero-order valence-corrected chi connectivity index (χ0v) is 10.7. The third-order valence-electron chi connectivity index (χ3n) is 2.39. The molecule has 1 amide bonds. The Kier molecular flexibility index (Phi) is 4.09. The molecule has 1 atom stereocenters. The number of carboxylic acids is 1. The Morgan fingerprint density at radius 2 is 2.00 bits per heavy atom. The number of rotatable bonds is 4. The lowest BCUT2D eigenvalue weighted by Crippen LogP contribution is -2.61. The van der Waals surface area contributed by atoms with Gasteiger partial charge in [0.05, 0.1) is 12.0 Å². The number of hydrogen-bond acceptors (Lipinski definition) is 4. The summed E-state index contributed by atoms with van der Waals surface area (Å²) in [5.41, 5.74) is -3.35. The molecule has 19 heavy (non-hydrogen) atoms. The van der Waals surface area contributed by atoms with E-state index in [4.69, 9.17) is 9.84 Å². The maximum Gasteiger partial charge on any atom is 0.422 e. The van der Waals surface area contributed by atoms with E-state index in [-0.39, 0.29) is 4.88 Å². The van der Waals surface area contributed by atoms with Gasteiger partial charge in [0.2, 0.25) is 5.54 Å². The lowest BCUT2D eigenvalue weighted by molar-refractivity contribution is -0.203. The van der Waals surface area contributed by atoms with Crippen LogP contribution in [0.4, 0.5) is 13.2 Å². The number of halogens is 3. The predicted octanol–water partition coefficient (Wildman–Crippen LogP) is 1.89. The molecule has 1 aromatic rings. The largest absolute Gasteiger partial charge is 0.496 e. The van der Waals surface area contributed by atoms with E-state index in [2.05, 4.69) is 0 Å². The standard InChI is InChI=1S/C10H10F3NO4S/c1-9(8(16)17,10(11,12)13)14-7(15)6-3-5(18-2)4-19-6/h3-4H,1-2H3,(H,14,15)(H,16,17). The van der Waals surface area contributed by atoms with Gasteiger partial charge in [-0.3, -0.25) is 4.79 Å². The van der Waals surface area contributed by atoms with E-state index in [0.717, 1.165) is 11.3 Å². The van der Waals surface area contributed by atoms with Gasteiger partial charge in [0.15, 0.2) is 0 Å². The minimum atomic E-state index is -5.12. The van der Waals surface area contributed by atoms with Gasteiger partial charge < -0.3 is 15.2 Å². The Labute approximate surface area is 110 Å². The number of alkyl halides is 3. The van der Waals surface area contributed by atoms with E-state index < -0.39 is 23.6 Å². The summed E-state index contributed by atoms with van der Waals surface area (Å²) in [4.78, 5) is 22.3. The number of amides is 1. The van der Waals surface area contributed by atoms with Gasteiger partial charge in [0, 0.05) is 11.4 Å². The molecule has 0 aliphatic heterocycles. The van der Waals surface area contributed by atoms with Crippen molar-refractivity contribution in [2.75, 3.05) is 7.11 Å². The number of ether oxygens (including phenoxy) is 1. The molecule has 0 radical (unpaired) electrons. The molecule has 1 rings (SSSR count). The number of methoxy groups -OCH3 is 1. The van der Waals surface area contributed by atoms with Gasteiger partial charge >= 0.3 is 12.1 Å². The van der Waals surface area contributed by atoms with Crippen molar-refractivity contribution >= 4 is 23.2 Å². The third kappa shape index (κ3) is 2.98. The first-order valence-corrected chi connectivity index (χ1v) is 5.75. The molecule has 0 saturated carbocycles. The van der Waals surface area contributed by atoms with Crippen LogP contribution in [0.1, 0.15) is 16.6 Å². The topological polar surface area (TPSA) is 75.6 Å². The molecule has 0 spiro atoms. The van der Waals surface area contributed by atoms with Gasteiger partial charge in [-0.1, -0.05) is 0 Å². The number of thiophene rings is 1. The van der Waals surface area contributed by atoms with Crippen molar-refractivity contribution in [2.45, 2.75) is 18.6 Å². The highest BCUT2D eigenvalue weighted by molar-refractivity contribution is 7.12. The Bertz CT molecular complexity index is 499. The van der Waals surface area contributed by atoms with Crippen molar-refractivity contribution in [3.8, 4) is 5.75 Å². The van der Waals surface area contributed by atoms with Crippen molar-refractivity contribution in [1.29, 1.82) is 0 Å². The minimum absolute atomic E-state index is 0.0754. The van der Waals surface area contributed by atoms with Crippen LogP contribution in [0.5, 0.6) is 5.75 Å². The quantitative estimate of drug-likeness (QED) is 0.890. The molecule has 1 unspecified atom stereocenters. The van der Waals surface area contributed by atoms with E-state index in [1.165, 1.54) is 23.9 Å². The van der Waals surface area contributed by atoms with Crippen molar-refractivity contribution in [2.24, 2.45) is 0 Å². The molecule has 0 saturated heterocycles. The summed E-state index contributed by atoms with van der Waals surface area (Å²) in [6.07, 6.45) is -5.12. The van der Waals surface area contributed by atoms with Crippen LogP contribution in [0.2, 0.25) is 0 Å². The molecule has 1 heterocycles. The molecular formula is C10H10F3NO4S. The monoisotopic (exact) mass is 297 g/mol. The predicted molar refractivity (Wildman–Crippen MR) is 60.4 cm³/mol. The highest BCUT2D eigenvalue weighted by atomic mass is 32.1. The Balaban J connectivity index is 2.98. The Hall–Kier alpha value is -1.77. The summed E-state index contributed by atoms with van der Waals surface area (Å²) in [5, 5.41) is 11.6. The average molecular weight is 297 g/mol. The van der Waals surface area contributed by atoms with Crippen LogP contribution >= 0.6 is 11.3 Å². The van der Waals surface area contributed by atoms with Gasteiger partial charge in [0.1, 0.15) is 5.75 Å². The molecule has 2 N–H and O–H groups in total. The van der Waals surface area contributed by atoms with Crippen LogP contribution in [-0.2, 0) is 4.79 Å². The summed E-state index contributed by atoms with van der Waals surface area (Å²) in [6, 6.07) is 1.22. The van der Waals surface area contributed by atoms with Gasteiger partial charge in [-0.2, -0.15) is 13.2 Å². The summed E-state index contributed by atoms with van der Waals surface area (Å²) < 4.78 is 42.8. The van der Waals surface area contributed by atoms with E-state index in [9.17, 15) is 22.8 Å². The highest BCUT2D eigenvalue weighted by Crippen LogP contribution is 2.31. The lowest BCUT2D eigenvalue weighted by atomic mass is 10.0. The van der Waals surface area contributed by atoms with Crippen LogP contribution in [-0.4, -0.2) is 35.8 Å². The molecule has 1 aromatic heterocycles. The van der Waals surface area contributed by atoms with Crippen LogP contribution < -0.4 is 10.1 Å². The zero-order valence-electron chi connectivity index (χ0n) is 9.87. The number of carbonyl (C=O) groups excluding carboxylic acids is 1. The minimum Gasteiger partial charge on any atom is -0.496 e. The first kappa shape index (κ1) is 15.3. The molecule has 9 heteroatoms. The molecule has 106 valence electrons. The molecule has 0 fully saturated rings. The second kappa shape index (κ2) is 5.08. The molecule has 0 aromatic carbocycles. The highest BCUT2D eigenvalue weighted by Gasteiger charge is 2.58. The van der Waals surface area contributed by atoms with Crippen molar-refractivity contribution in [3.05, 3.63) is 16.3 Å². The number of aliphatic carboxylic acids is 1. The van der Waals surface area contributed by atoms with Crippen molar-refractivity contribution < 1.29 is 32.6 Å². The summed E-state index contributed by atoms with van der Waals surface area (Å²) in [6.45, 7) is 0.387. The Morgan fingerprint density at radius 3 is 2.37 bits per heavy atom. The normalized spacial score (nSPS) is 14.6. The number of carboxylic acid groups (broad SMARTS) is 1. The van der Waals surface area contributed by atoms with Gasteiger partial charge in [-0.15, -0.1) is 11.3 Å². The zero-order chi connectivity index (χ0) is 14.8. The maximum absolute atomic E-state index is 12.7. The van der Waals surface area contributed by atoms with E-state index in [1.54, 1.807) is 0 Å². The van der Waals surface area contributed by atoms with Gasteiger partial charge in [-0.05, 0) is 6.92 Å². The summed E-state index contributed by atoms with van der Waals surface area (Å²) in [7, 11) is 1.33. The van der Waals surface area contributed by atoms with Crippen LogP contribution in [0.25, 0.3) is 0 Å². The first-order chi connectivity index (χ1) is 8.61. The fourth-order valence-electron chi connectivity index (χ4n) is 1.08. The Morgan fingerprint density at radius 1 is 1.42 bits per heavy atom. The number of nitrogens with one attached hydrogen (secondary N) is 1. The number of carbonyl (C=O) groups is 2. The average Bonchev–Trinajstić information content (AvgIpc) is 2.75. The molecule has 5 nitrogen and oxygen atoms in total. The smallest absolute Gasteiger partial charge is 0.422 e. The van der Waals surface area contributed by atoms with Crippen molar-refractivity contribution in [3.63, 3.8) is 0 Å². The molecular weight excluding hydrogens is 287 g/mol. The summed E-state index contributed by atoms with van der Waals surface area (Å²) >= 11 is 0.848. The molecule has 0 bridgehead atoms. The lowest BCUT2D eigenvalue weighted by Gasteiger charge is -2.28. The molecule has 0 aliphatic rings. The first-order valence-electron chi connectivity index (χ1n) is 4.87. The van der Waals surface area contributed by atoms with Gasteiger partial charge in [0.25, 0.3) is 5.91 Å². The number of hydrogen-bond donors (Lipinski definition) is 2. The third-order valence-corrected chi connectivity index (χ3v) is 3.30. The van der Waals surface area contributed by atoms with Crippen LogP contribution in [0.15, 0.2) is 11.4 Å². The molecule has 0 aliphatic carbocycles. The van der Waals surface area contributed by atoms with Crippen molar-refractivity contribution in [1.82, 2.24) is 5.32 Å². The van der Waals surface area contributed by atoms with E-state index >= 15 is 0 Å². The summed E-state index contributed by atoms with van der Waals surface area (Å²) in [5.74, 6) is -3.01. The maximum atomic E-state index is 12.7. The fourth-order valence-corrected chi connectivity index (χ4v) is 1.83. The van der Waals surface area contributed by atoms with Crippen LogP contribution in [0, 0.1) is 0 Å². The van der Waals surface area contributed by atoms with Crippen LogP contribution in [0.3, 0.4) is 0 Å².